The molecule has 0 radical (unpaired) electrons. The van der Waals surface area contributed by atoms with Crippen molar-refractivity contribution < 1.29 is 27.1 Å². The molecule has 0 saturated heterocycles. The second-order valence-corrected chi connectivity index (χ2v) is 2.88. The van der Waals surface area contributed by atoms with E-state index in [4.69, 9.17) is 5.11 Å². The Bertz CT molecular complexity index is 437. The zero-order chi connectivity index (χ0) is 12.5. The molecule has 16 heavy (non-hydrogen) atoms. The van der Waals surface area contributed by atoms with Crippen LogP contribution in [0.2, 0.25) is 0 Å². The Morgan fingerprint density at radius 3 is 2.31 bits per heavy atom. The Labute approximate surface area is 85.5 Å². The van der Waals surface area contributed by atoms with Gasteiger partial charge in [-0.05, 0) is 0 Å². The lowest BCUT2D eigenvalue weighted by Gasteiger charge is -2.11. The second-order valence-electron chi connectivity index (χ2n) is 2.88. The number of nitrogens with one attached hydrogen (secondary N) is 1. The summed E-state index contributed by atoms with van der Waals surface area (Å²) in [6.45, 7) is -1.26. The molecule has 0 amide bonds. The minimum Gasteiger partial charge on any atom is -0.391 e. The van der Waals surface area contributed by atoms with E-state index in [1.807, 2.05) is 0 Å². The number of aliphatic hydroxyl groups is 1. The molecule has 0 saturated carbocycles. The summed E-state index contributed by atoms with van der Waals surface area (Å²) < 4.78 is 61.2. The fraction of sp³-hybridized carbons (Fsp3) is 0.375. The van der Waals surface area contributed by atoms with Crippen molar-refractivity contribution in [2.75, 3.05) is 0 Å². The number of hydrogen-bond acceptors (Lipinski definition) is 2. The van der Waals surface area contributed by atoms with Crippen LogP contribution < -0.4 is 5.43 Å². The lowest BCUT2D eigenvalue weighted by atomic mass is 10.1. The molecule has 1 aromatic rings. The second kappa shape index (κ2) is 4.20. The Morgan fingerprint density at radius 1 is 1.38 bits per heavy atom. The molecular weight excluding hydrogens is 237 g/mol. The zero-order valence-electron chi connectivity index (χ0n) is 7.61. The number of hydrogen-bond donors (Lipinski definition) is 2. The summed E-state index contributed by atoms with van der Waals surface area (Å²) in [5.41, 5.74) is -5.21. The molecule has 3 nitrogen and oxygen atoms in total. The highest BCUT2D eigenvalue weighted by atomic mass is 19.4. The quantitative estimate of drug-likeness (QED) is 0.778. The number of aliphatic hydroxyl groups excluding tert-OH is 1. The average Bonchev–Trinajstić information content (AvgIpc) is 2.15. The van der Waals surface area contributed by atoms with Crippen molar-refractivity contribution in [2.45, 2.75) is 19.2 Å². The van der Waals surface area contributed by atoms with Gasteiger partial charge in [0.2, 0.25) is 0 Å². The molecule has 0 spiro atoms. The van der Waals surface area contributed by atoms with Gasteiger partial charge in [-0.1, -0.05) is 0 Å². The largest absolute Gasteiger partial charge is 0.431 e. The number of H-pyrrole nitrogens is 1. The molecule has 0 bridgehead atoms. The van der Waals surface area contributed by atoms with E-state index in [-0.39, 0.29) is 0 Å². The normalized spacial score (nSPS) is 12.2. The number of pyridine rings is 1. The first-order chi connectivity index (χ1) is 7.29. The van der Waals surface area contributed by atoms with Gasteiger partial charge in [-0.15, -0.1) is 0 Å². The van der Waals surface area contributed by atoms with Crippen molar-refractivity contribution >= 4 is 0 Å². The smallest absolute Gasteiger partial charge is 0.391 e. The van der Waals surface area contributed by atoms with Gasteiger partial charge >= 0.3 is 6.18 Å². The van der Waals surface area contributed by atoms with Crippen molar-refractivity contribution in [2.24, 2.45) is 0 Å². The topological polar surface area (TPSA) is 53.1 Å². The van der Waals surface area contributed by atoms with Gasteiger partial charge in [0.15, 0.2) is 5.43 Å². The van der Waals surface area contributed by atoms with Crippen LogP contribution in [0.15, 0.2) is 11.0 Å². The molecule has 0 fully saturated rings. The van der Waals surface area contributed by atoms with Crippen molar-refractivity contribution in [1.29, 1.82) is 0 Å². The maximum absolute atomic E-state index is 12.3. The molecule has 0 aliphatic heterocycles. The van der Waals surface area contributed by atoms with Crippen LogP contribution in [0.3, 0.4) is 0 Å². The Kier molecular flexibility index (Phi) is 3.32. The number of alkyl halides is 5. The molecular formula is C8H6F5NO2. The van der Waals surface area contributed by atoms with Gasteiger partial charge in [-0.2, -0.15) is 13.2 Å². The number of halogens is 5. The van der Waals surface area contributed by atoms with E-state index in [2.05, 4.69) is 0 Å². The predicted molar refractivity (Wildman–Crippen MR) is 42.9 cm³/mol. The van der Waals surface area contributed by atoms with Crippen LogP contribution in [0.25, 0.3) is 0 Å². The van der Waals surface area contributed by atoms with E-state index in [0.29, 0.717) is 6.20 Å². The van der Waals surface area contributed by atoms with E-state index < -0.39 is 41.5 Å². The molecule has 2 N–H and O–H groups in total. The molecule has 0 aliphatic rings. The molecule has 1 rings (SSSR count). The first kappa shape index (κ1) is 12.6. The van der Waals surface area contributed by atoms with E-state index in [1.165, 1.54) is 0 Å². The summed E-state index contributed by atoms with van der Waals surface area (Å²) in [6.07, 6.45) is -7.80. The van der Waals surface area contributed by atoms with Crippen LogP contribution in [0.4, 0.5) is 22.0 Å². The van der Waals surface area contributed by atoms with E-state index >= 15 is 0 Å². The van der Waals surface area contributed by atoms with Gasteiger partial charge in [0.25, 0.3) is 6.43 Å². The Hall–Kier alpha value is -1.44. The average molecular weight is 243 g/mol. The van der Waals surface area contributed by atoms with Gasteiger partial charge in [0.05, 0.1) is 17.7 Å². The lowest BCUT2D eigenvalue weighted by Crippen LogP contribution is -2.23. The molecule has 1 heterocycles. The minimum atomic E-state index is -4.90. The summed E-state index contributed by atoms with van der Waals surface area (Å²) >= 11 is 0. The fourth-order valence-corrected chi connectivity index (χ4v) is 1.16. The van der Waals surface area contributed by atoms with Crippen molar-refractivity contribution in [3.8, 4) is 0 Å². The third-order valence-corrected chi connectivity index (χ3v) is 1.89. The minimum absolute atomic E-state index is 0.301. The van der Waals surface area contributed by atoms with E-state index in [1.54, 1.807) is 4.98 Å². The van der Waals surface area contributed by atoms with Crippen molar-refractivity contribution in [1.82, 2.24) is 4.98 Å². The Balaban J connectivity index is 3.48. The standard InChI is InChI=1S/C8H6F5NO2/c9-7(10)3-1-14-6(8(11,12)13)4(2-15)5(3)16/h1,7,15H,2H2,(H,14,16). The van der Waals surface area contributed by atoms with Crippen LogP contribution in [0.1, 0.15) is 23.2 Å². The molecule has 0 atom stereocenters. The molecule has 0 unspecified atom stereocenters. The van der Waals surface area contributed by atoms with Gasteiger partial charge < -0.3 is 10.1 Å². The Morgan fingerprint density at radius 2 is 1.94 bits per heavy atom. The van der Waals surface area contributed by atoms with Crippen LogP contribution in [0, 0.1) is 0 Å². The van der Waals surface area contributed by atoms with Gasteiger partial charge in [0, 0.05) is 6.20 Å². The van der Waals surface area contributed by atoms with Crippen LogP contribution in [-0.4, -0.2) is 10.1 Å². The predicted octanol–water partition coefficient (Wildman–Crippen LogP) is 1.82. The molecule has 0 aliphatic carbocycles. The van der Waals surface area contributed by atoms with Gasteiger partial charge in [0.1, 0.15) is 5.69 Å². The summed E-state index contributed by atoms with van der Waals surface area (Å²) in [6, 6.07) is 0. The molecule has 1 aromatic heterocycles. The fourth-order valence-electron chi connectivity index (χ4n) is 1.16. The maximum atomic E-state index is 12.3. The maximum Gasteiger partial charge on any atom is 0.431 e. The SMILES string of the molecule is O=c1c(C(F)F)c[nH]c(C(F)(F)F)c1CO. The van der Waals surface area contributed by atoms with Crippen LogP contribution >= 0.6 is 0 Å². The lowest BCUT2D eigenvalue weighted by molar-refractivity contribution is -0.142. The third kappa shape index (κ3) is 2.21. The van der Waals surface area contributed by atoms with E-state index in [9.17, 15) is 26.7 Å². The van der Waals surface area contributed by atoms with Crippen molar-refractivity contribution in [3.63, 3.8) is 0 Å². The van der Waals surface area contributed by atoms with Crippen molar-refractivity contribution in [3.05, 3.63) is 33.2 Å². The van der Waals surface area contributed by atoms with E-state index in [0.717, 1.165) is 0 Å². The summed E-state index contributed by atoms with van der Waals surface area (Å²) in [5.74, 6) is 0. The van der Waals surface area contributed by atoms with Gasteiger partial charge in [-0.25, -0.2) is 8.78 Å². The highest BCUT2D eigenvalue weighted by Gasteiger charge is 2.36. The monoisotopic (exact) mass is 243 g/mol. The highest BCUT2D eigenvalue weighted by Crippen LogP contribution is 2.30. The third-order valence-electron chi connectivity index (χ3n) is 1.89. The van der Waals surface area contributed by atoms with Crippen LogP contribution in [-0.2, 0) is 12.8 Å². The van der Waals surface area contributed by atoms with Crippen LogP contribution in [0.5, 0.6) is 0 Å². The summed E-state index contributed by atoms with van der Waals surface area (Å²) in [4.78, 5) is 12.7. The molecule has 8 heteroatoms. The summed E-state index contributed by atoms with van der Waals surface area (Å²) in [7, 11) is 0. The number of aromatic nitrogens is 1. The number of rotatable bonds is 2. The first-order valence-corrected chi connectivity index (χ1v) is 3.99. The molecule has 0 aromatic carbocycles. The number of aromatic amines is 1. The first-order valence-electron chi connectivity index (χ1n) is 3.99. The highest BCUT2D eigenvalue weighted by molar-refractivity contribution is 5.27. The molecule has 90 valence electrons. The van der Waals surface area contributed by atoms with Gasteiger partial charge in [-0.3, -0.25) is 4.79 Å². The zero-order valence-corrected chi connectivity index (χ0v) is 7.61. The summed E-state index contributed by atoms with van der Waals surface area (Å²) in [5, 5.41) is 8.60.